The summed E-state index contributed by atoms with van der Waals surface area (Å²) in [7, 11) is 0. The number of nitrogens with one attached hydrogen (secondary N) is 2. The van der Waals surface area contributed by atoms with Gasteiger partial charge in [0.15, 0.2) is 0 Å². The average Bonchev–Trinajstić information content (AvgIpc) is 2.54. The largest absolute Gasteiger partial charge is 0.506 e. The lowest BCUT2D eigenvalue weighted by molar-refractivity contribution is -0.115. The number of carbonyl (C=O) groups is 1. The van der Waals surface area contributed by atoms with Crippen molar-refractivity contribution in [1.29, 1.82) is 0 Å². The highest BCUT2D eigenvalue weighted by Crippen LogP contribution is 2.33. The van der Waals surface area contributed by atoms with E-state index in [0.29, 0.717) is 26.2 Å². The van der Waals surface area contributed by atoms with Crippen LogP contribution in [0.15, 0.2) is 44.3 Å². The highest BCUT2D eigenvalue weighted by Gasteiger charge is 2.06. The van der Waals surface area contributed by atoms with E-state index in [1.807, 2.05) is 0 Å². The lowest BCUT2D eigenvalue weighted by Gasteiger charge is -2.08. The van der Waals surface area contributed by atoms with Crippen molar-refractivity contribution in [3.8, 4) is 5.75 Å². The zero-order valence-corrected chi connectivity index (χ0v) is 16.7. The summed E-state index contributed by atoms with van der Waals surface area (Å²) in [5.74, 6) is -0.323. The lowest BCUT2D eigenvalue weighted by atomic mass is 10.2. The Morgan fingerprint density at radius 3 is 2.58 bits per heavy atom. The predicted molar refractivity (Wildman–Crippen MR) is 103 cm³/mol. The van der Waals surface area contributed by atoms with Crippen molar-refractivity contribution in [1.82, 2.24) is 10.9 Å². The van der Waals surface area contributed by atoms with Gasteiger partial charge in [0.25, 0.3) is 5.91 Å². The number of hydrazine groups is 1. The molecule has 0 atom stereocenters. The van der Waals surface area contributed by atoms with Crippen LogP contribution in [0.4, 0.5) is 5.69 Å². The molecule has 0 bridgehead atoms. The zero-order chi connectivity index (χ0) is 17.7. The van der Waals surface area contributed by atoms with Gasteiger partial charge in [-0.1, -0.05) is 29.3 Å². The van der Waals surface area contributed by atoms with E-state index < -0.39 is 5.91 Å². The molecule has 0 aliphatic rings. The molecule has 0 saturated carbocycles. The molecule has 2 aromatic rings. The first kappa shape index (κ1) is 19.2. The molecular formula is C15H11Br2Cl2N3O2. The topological polar surface area (TPSA) is 73.7 Å². The third-order valence-corrected chi connectivity index (χ3v) is 4.85. The Morgan fingerprint density at radius 2 is 1.92 bits per heavy atom. The SMILES string of the molecule is O=C(C=Nc1cccc(Cl)c1Cl)NNCc1cc(Br)c(O)c(Br)c1. The number of hydrogen-bond acceptors (Lipinski definition) is 4. The fourth-order valence-electron chi connectivity index (χ4n) is 1.71. The van der Waals surface area contributed by atoms with Gasteiger partial charge in [0.1, 0.15) is 5.75 Å². The van der Waals surface area contributed by atoms with E-state index in [4.69, 9.17) is 23.2 Å². The van der Waals surface area contributed by atoms with Gasteiger partial charge in [0, 0.05) is 6.54 Å². The average molecular weight is 496 g/mol. The summed E-state index contributed by atoms with van der Waals surface area (Å²) >= 11 is 18.3. The van der Waals surface area contributed by atoms with Crippen molar-refractivity contribution in [3.63, 3.8) is 0 Å². The quantitative estimate of drug-likeness (QED) is 0.414. The Balaban J connectivity index is 1.90. The van der Waals surface area contributed by atoms with Gasteiger partial charge in [-0.15, -0.1) is 0 Å². The molecule has 2 aromatic carbocycles. The molecule has 0 aliphatic carbocycles. The maximum absolute atomic E-state index is 11.7. The monoisotopic (exact) mass is 493 g/mol. The van der Waals surface area contributed by atoms with Crippen molar-refractivity contribution in [2.75, 3.05) is 0 Å². The standard InChI is InChI=1S/C15H11Br2Cl2N3O2/c16-9-4-8(5-10(17)15(9)24)6-21-22-13(23)7-20-12-3-1-2-11(18)14(12)19/h1-5,7,21,24H,6H2,(H,22,23). The normalized spacial score (nSPS) is 11.0. The second kappa shape index (κ2) is 8.82. The molecule has 1 amide bonds. The van der Waals surface area contributed by atoms with E-state index >= 15 is 0 Å². The predicted octanol–water partition coefficient (Wildman–Crippen LogP) is 4.75. The summed E-state index contributed by atoms with van der Waals surface area (Å²) < 4.78 is 1.11. The Hall–Kier alpha value is -1.12. The summed E-state index contributed by atoms with van der Waals surface area (Å²) in [6, 6.07) is 8.45. The molecule has 126 valence electrons. The van der Waals surface area contributed by atoms with Crippen LogP contribution in [0, 0.1) is 0 Å². The van der Waals surface area contributed by atoms with Crippen LogP contribution in [0.3, 0.4) is 0 Å². The first-order chi connectivity index (χ1) is 11.4. The minimum Gasteiger partial charge on any atom is -0.506 e. The van der Waals surface area contributed by atoms with Crippen LogP contribution in [-0.4, -0.2) is 17.2 Å². The van der Waals surface area contributed by atoms with Gasteiger partial charge in [0.05, 0.1) is 30.9 Å². The summed E-state index contributed by atoms with van der Waals surface area (Å²) in [6.07, 6.45) is 1.10. The highest BCUT2D eigenvalue weighted by atomic mass is 79.9. The van der Waals surface area contributed by atoms with Crippen LogP contribution in [-0.2, 0) is 11.3 Å². The second-order valence-electron chi connectivity index (χ2n) is 4.58. The molecule has 0 saturated heterocycles. The van der Waals surface area contributed by atoms with Gasteiger partial charge in [-0.2, -0.15) is 0 Å². The van der Waals surface area contributed by atoms with E-state index in [0.717, 1.165) is 11.8 Å². The van der Waals surface area contributed by atoms with E-state index in [-0.39, 0.29) is 10.8 Å². The van der Waals surface area contributed by atoms with Crippen LogP contribution in [0.1, 0.15) is 5.56 Å². The molecule has 0 aromatic heterocycles. The summed E-state index contributed by atoms with van der Waals surface area (Å²) in [5.41, 5.74) is 6.50. The fourth-order valence-corrected chi connectivity index (χ4v) is 3.33. The van der Waals surface area contributed by atoms with Gasteiger partial charge >= 0.3 is 0 Å². The minimum absolute atomic E-state index is 0.119. The van der Waals surface area contributed by atoms with Crippen molar-refractivity contribution < 1.29 is 9.90 Å². The molecule has 0 aliphatic heterocycles. The van der Waals surface area contributed by atoms with Gasteiger partial charge < -0.3 is 5.11 Å². The van der Waals surface area contributed by atoms with Gasteiger partial charge in [0.2, 0.25) is 0 Å². The number of benzene rings is 2. The number of halogens is 4. The van der Waals surface area contributed by atoms with Gasteiger partial charge in [-0.25, -0.2) is 10.4 Å². The smallest absolute Gasteiger partial charge is 0.276 e. The number of hydrogen-bond donors (Lipinski definition) is 3. The number of phenols is 1. The van der Waals surface area contributed by atoms with Crippen LogP contribution < -0.4 is 10.9 Å². The van der Waals surface area contributed by atoms with Crippen LogP contribution in [0.25, 0.3) is 0 Å². The molecule has 0 heterocycles. The number of carbonyl (C=O) groups excluding carboxylic acids is 1. The number of phenolic OH excluding ortho intramolecular Hbond substituents is 1. The second-order valence-corrected chi connectivity index (χ2v) is 7.08. The summed E-state index contributed by atoms with van der Waals surface area (Å²) in [5, 5.41) is 10.3. The first-order valence-corrected chi connectivity index (χ1v) is 8.90. The number of aromatic hydroxyl groups is 1. The summed E-state index contributed by atoms with van der Waals surface area (Å²) in [4.78, 5) is 15.7. The van der Waals surface area contributed by atoms with Crippen LogP contribution >= 0.6 is 55.1 Å². The molecule has 0 unspecified atom stereocenters. The number of amides is 1. The maximum Gasteiger partial charge on any atom is 0.276 e. The van der Waals surface area contributed by atoms with E-state index in [2.05, 4.69) is 47.7 Å². The Kier molecular flexibility index (Phi) is 7.06. The molecule has 2 rings (SSSR count). The highest BCUT2D eigenvalue weighted by molar-refractivity contribution is 9.11. The molecular weight excluding hydrogens is 485 g/mol. The summed E-state index contributed by atoms with van der Waals surface area (Å²) in [6.45, 7) is 0.356. The van der Waals surface area contributed by atoms with Crippen LogP contribution in [0.5, 0.6) is 5.75 Å². The fraction of sp³-hybridized carbons (Fsp3) is 0.0667. The van der Waals surface area contributed by atoms with E-state index in [9.17, 15) is 9.90 Å². The Morgan fingerprint density at radius 1 is 1.25 bits per heavy atom. The van der Waals surface area contributed by atoms with Crippen LogP contribution in [0.2, 0.25) is 10.0 Å². The number of aliphatic imine (C=N–C) groups is 1. The number of rotatable bonds is 5. The van der Waals surface area contributed by atoms with Crippen molar-refractivity contribution in [3.05, 3.63) is 54.9 Å². The third-order valence-electron chi connectivity index (χ3n) is 2.83. The Labute approximate surface area is 165 Å². The van der Waals surface area contributed by atoms with Crippen molar-refractivity contribution in [2.24, 2.45) is 4.99 Å². The zero-order valence-electron chi connectivity index (χ0n) is 12.0. The molecule has 0 fully saturated rings. The molecule has 0 radical (unpaired) electrons. The molecule has 5 nitrogen and oxygen atoms in total. The van der Waals surface area contributed by atoms with Gasteiger partial charge in [-0.3, -0.25) is 10.2 Å². The minimum atomic E-state index is -0.442. The number of nitrogens with zero attached hydrogens (tertiary/aromatic N) is 1. The Bertz CT molecular complexity index is 777. The first-order valence-electron chi connectivity index (χ1n) is 6.56. The molecule has 0 spiro atoms. The van der Waals surface area contributed by atoms with E-state index in [1.54, 1.807) is 30.3 Å². The molecule has 9 heteroatoms. The molecule has 3 N–H and O–H groups in total. The lowest BCUT2D eigenvalue weighted by Crippen LogP contribution is -2.37. The van der Waals surface area contributed by atoms with Crippen molar-refractivity contribution in [2.45, 2.75) is 6.54 Å². The van der Waals surface area contributed by atoms with Gasteiger partial charge in [-0.05, 0) is 61.7 Å². The maximum atomic E-state index is 11.7. The third kappa shape index (κ3) is 5.19. The van der Waals surface area contributed by atoms with E-state index in [1.165, 1.54) is 0 Å². The van der Waals surface area contributed by atoms with Crippen molar-refractivity contribution >= 4 is 72.9 Å². The molecule has 24 heavy (non-hydrogen) atoms.